The maximum absolute atomic E-state index is 5.00. The maximum Gasteiger partial charge on any atom is 0.164 e. The van der Waals surface area contributed by atoms with E-state index in [1.165, 1.54) is 32.6 Å². The van der Waals surface area contributed by atoms with Gasteiger partial charge in [0.25, 0.3) is 0 Å². The summed E-state index contributed by atoms with van der Waals surface area (Å²) < 4.78 is 6.77. The standard InChI is InChI=1S/C35H24N6/c1-3-11-23(12-4-1)39-22-38-33-34(39)36-21-37-35(33)41-28-18-10-8-16-26(28)32-30(41)20-19-29-31(32)25-15-7-9-17-27(25)40(29)24-13-5-2-6-14-24/h1-20,22,36H,21H2. The maximum atomic E-state index is 5.00. The van der Waals surface area contributed by atoms with Crippen LogP contribution in [0.25, 0.3) is 55.0 Å². The van der Waals surface area contributed by atoms with Crippen LogP contribution in [0.5, 0.6) is 0 Å². The summed E-state index contributed by atoms with van der Waals surface area (Å²) in [5.74, 6) is 1.81. The molecular weight excluding hydrogens is 504 g/mol. The fourth-order valence-corrected chi connectivity index (χ4v) is 6.51. The number of hydrogen-bond donors (Lipinski definition) is 1. The second-order valence-electron chi connectivity index (χ2n) is 10.4. The van der Waals surface area contributed by atoms with Crippen LogP contribution in [0.1, 0.15) is 5.69 Å². The van der Waals surface area contributed by atoms with Crippen LogP contribution in [0.3, 0.4) is 0 Å². The van der Waals surface area contributed by atoms with Gasteiger partial charge in [-0.1, -0.05) is 72.8 Å². The van der Waals surface area contributed by atoms with Crippen molar-refractivity contribution in [2.45, 2.75) is 0 Å². The molecule has 1 N–H and O–H groups in total. The lowest BCUT2D eigenvalue weighted by atomic mass is 10.1. The Kier molecular flexibility index (Phi) is 4.57. The van der Waals surface area contributed by atoms with Crippen LogP contribution in [-0.2, 0) is 0 Å². The molecule has 5 aromatic carbocycles. The minimum atomic E-state index is 0.477. The summed E-state index contributed by atoms with van der Waals surface area (Å²) in [7, 11) is 0. The van der Waals surface area contributed by atoms with E-state index >= 15 is 0 Å². The minimum absolute atomic E-state index is 0.477. The molecule has 8 aromatic rings. The third-order valence-corrected chi connectivity index (χ3v) is 8.19. The second kappa shape index (κ2) is 8.44. The molecule has 0 amide bonds. The number of anilines is 1. The van der Waals surface area contributed by atoms with Crippen molar-refractivity contribution in [1.82, 2.24) is 18.7 Å². The van der Waals surface area contributed by atoms with E-state index in [1.54, 1.807) is 0 Å². The largest absolute Gasteiger partial charge is 0.350 e. The zero-order valence-electron chi connectivity index (χ0n) is 22.1. The first-order valence-corrected chi connectivity index (χ1v) is 13.8. The molecule has 0 saturated carbocycles. The highest BCUT2D eigenvalue weighted by Gasteiger charge is 2.26. The first kappa shape index (κ1) is 22.2. The van der Waals surface area contributed by atoms with Crippen molar-refractivity contribution in [3.8, 4) is 11.4 Å². The Balaban J connectivity index is 1.38. The number of nitrogens with zero attached hydrogens (tertiary/aromatic N) is 5. The van der Waals surface area contributed by atoms with Crippen molar-refractivity contribution in [1.29, 1.82) is 0 Å². The van der Waals surface area contributed by atoms with Crippen molar-refractivity contribution in [3.05, 3.63) is 133 Å². The quantitative estimate of drug-likeness (QED) is 0.249. The molecule has 194 valence electrons. The lowest BCUT2D eigenvalue weighted by molar-refractivity contribution is 1.00. The Hall–Kier alpha value is -5.62. The number of aliphatic imine (C=N–C) groups is 1. The molecule has 0 atom stereocenters. The Morgan fingerprint density at radius 1 is 0.537 bits per heavy atom. The molecule has 3 aromatic heterocycles. The van der Waals surface area contributed by atoms with Crippen LogP contribution in [-0.4, -0.2) is 31.2 Å². The molecular formula is C35H24N6. The van der Waals surface area contributed by atoms with E-state index < -0.39 is 0 Å². The third-order valence-electron chi connectivity index (χ3n) is 8.19. The number of rotatable bonds is 2. The smallest absolute Gasteiger partial charge is 0.164 e. The molecule has 0 bridgehead atoms. The number of imidazole rings is 1. The normalized spacial score (nSPS) is 13.1. The summed E-state index contributed by atoms with van der Waals surface area (Å²) in [6, 6.07) is 42.8. The third kappa shape index (κ3) is 3.07. The van der Waals surface area contributed by atoms with Gasteiger partial charge < -0.3 is 9.88 Å². The SMILES string of the molecule is c1ccc(-n2cnc3c2NCN=C3n2c3ccccc3c3c4c5ccccc5n(-c5ccccc5)c4ccc32)cc1. The first-order chi connectivity index (χ1) is 20.4. The molecule has 0 unspecified atom stereocenters. The number of aromatic nitrogens is 4. The molecule has 0 spiro atoms. The zero-order chi connectivity index (χ0) is 26.9. The Morgan fingerprint density at radius 3 is 1.78 bits per heavy atom. The first-order valence-electron chi connectivity index (χ1n) is 13.8. The van der Waals surface area contributed by atoms with E-state index in [0.29, 0.717) is 6.67 Å². The van der Waals surface area contributed by atoms with Crippen LogP contribution in [0, 0.1) is 0 Å². The molecule has 6 nitrogen and oxygen atoms in total. The van der Waals surface area contributed by atoms with Crippen molar-refractivity contribution >= 4 is 55.3 Å². The van der Waals surface area contributed by atoms with E-state index in [0.717, 1.165) is 39.8 Å². The van der Waals surface area contributed by atoms with Crippen molar-refractivity contribution in [3.63, 3.8) is 0 Å². The monoisotopic (exact) mass is 528 g/mol. The summed E-state index contributed by atoms with van der Waals surface area (Å²) in [6.07, 6.45) is 1.88. The van der Waals surface area contributed by atoms with E-state index in [9.17, 15) is 0 Å². The fraction of sp³-hybridized carbons (Fsp3) is 0.0286. The van der Waals surface area contributed by atoms with Crippen molar-refractivity contribution in [2.75, 3.05) is 12.0 Å². The molecule has 0 saturated heterocycles. The molecule has 41 heavy (non-hydrogen) atoms. The van der Waals surface area contributed by atoms with Crippen LogP contribution in [0.15, 0.2) is 133 Å². The highest BCUT2D eigenvalue weighted by molar-refractivity contribution is 6.31. The average molecular weight is 529 g/mol. The number of fused-ring (bicyclic) bond motifs is 8. The van der Waals surface area contributed by atoms with Gasteiger partial charge in [-0.25, -0.2) is 9.98 Å². The number of para-hydroxylation sites is 4. The number of benzene rings is 5. The van der Waals surface area contributed by atoms with E-state index in [1.807, 2.05) is 24.5 Å². The van der Waals surface area contributed by atoms with Crippen LogP contribution in [0.4, 0.5) is 5.82 Å². The van der Waals surface area contributed by atoms with Gasteiger partial charge in [0.2, 0.25) is 0 Å². The Morgan fingerprint density at radius 2 is 1.10 bits per heavy atom. The Labute approximate surface area is 235 Å². The second-order valence-corrected chi connectivity index (χ2v) is 10.4. The molecule has 9 rings (SSSR count). The summed E-state index contributed by atoms with van der Waals surface area (Å²) >= 11 is 0. The number of hydrogen-bond acceptors (Lipinski definition) is 3. The van der Waals surface area contributed by atoms with Gasteiger partial charge in [-0.15, -0.1) is 0 Å². The van der Waals surface area contributed by atoms with E-state index in [2.05, 4.69) is 122 Å². The zero-order valence-corrected chi connectivity index (χ0v) is 22.1. The molecule has 1 aliphatic rings. The lowest BCUT2D eigenvalue weighted by Crippen LogP contribution is -2.23. The molecule has 0 radical (unpaired) electrons. The van der Waals surface area contributed by atoms with Gasteiger partial charge >= 0.3 is 0 Å². The predicted molar refractivity (Wildman–Crippen MR) is 168 cm³/mol. The van der Waals surface area contributed by atoms with Gasteiger partial charge in [-0.2, -0.15) is 0 Å². The molecule has 1 aliphatic heterocycles. The van der Waals surface area contributed by atoms with Gasteiger partial charge in [-0.05, 0) is 48.5 Å². The van der Waals surface area contributed by atoms with Crippen LogP contribution >= 0.6 is 0 Å². The Bertz CT molecular complexity index is 2300. The summed E-state index contributed by atoms with van der Waals surface area (Å²) in [4.78, 5) is 9.89. The van der Waals surface area contributed by atoms with E-state index in [-0.39, 0.29) is 0 Å². The van der Waals surface area contributed by atoms with E-state index in [4.69, 9.17) is 9.98 Å². The molecule has 0 aliphatic carbocycles. The summed E-state index contributed by atoms with van der Waals surface area (Å²) in [6.45, 7) is 0.477. The number of nitrogens with one attached hydrogen (secondary N) is 1. The highest BCUT2D eigenvalue weighted by atomic mass is 15.3. The molecule has 0 fully saturated rings. The van der Waals surface area contributed by atoms with Crippen molar-refractivity contribution < 1.29 is 0 Å². The predicted octanol–water partition coefficient (Wildman–Crippen LogP) is 7.76. The summed E-state index contributed by atoms with van der Waals surface area (Å²) in [5, 5.41) is 8.39. The van der Waals surface area contributed by atoms with Crippen LogP contribution < -0.4 is 5.32 Å². The van der Waals surface area contributed by atoms with Gasteiger partial charge in [0.15, 0.2) is 5.84 Å². The van der Waals surface area contributed by atoms with Crippen LogP contribution in [0.2, 0.25) is 0 Å². The summed E-state index contributed by atoms with van der Waals surface area (Å²) in [5.41, 5.74) is 7.68. The lowest BCUT2D eigenvalue weighted by Gasteiger charge is -2.18. The highest BCUT2D eigenvalue weighted by Crippen LogP contribution is 2.41. The molecule has 4 heterocycles. The average Bonchev–Trinajstić information content (AvgIpc) is 3.72. The fourth-order valence-electron chi connectivity index (χ4n) is 6.51. The van der Waals surface area contributed by atoms with Gasteiger partial charge in [0.05, 0.1) is 22.1 Å². The van der Waals surface area contributed by atoms with Gasteiger partial charge in [0, 0.05) is 32.9 Å². The topological polar surface area (TPSA) is 52.1 Å². The minimum Gasteiger partial charge on any atom is -0.350 e. The van der Waals surface area contributed by atoms with Gasteiger partial charge in [-0.3, -0.25) is 9.13 Å². The van der Waals surface area contributed by atoms with Gasteiger partial charge in [0.1, 0.15) is 24.5 Å². The van der Waals surface area contributed by atoms with Crippen molar-refractivity contribution in [2.24, 2.45) is 4.99 Å². The molecule has 6 heteroatoms.